The van der Waals surface area contributed by atoms with E-state index >= 15 is 0 Å². The topological polar surface area (TPSA) is 70.7 Å². The van der Waals surface area contributed by atoms with Gasteiger partial charge in [-0.3, -0.25) is 0 Å². The second-order valence-electron chi connectivity index (χ2n) is 7.73. The Hall–Kier alpha value is -3.36. The van der Waals surface area contributed by atoms with Crippen LogP contribution >= 0.6 is 0 Å². The van der Waals surface area contributed by atoms with Gasteiger partial charge >= 0.3 is 6.18 Å². The molecule has 0 saturated carbocycles. The molecule has 1 saturated heterocycles. The van der Waals surface area contributed by atoms with E-state index in [0.717, 1.165) is 28.8 Å². The first-order valence-electron chi connectivity index (χ1n) is 10.0. The SMILES string of the molecule is CC1OC1(O)c1ccccc1-c1ccc2[nH]c(COc3ccc(C(F)(F)F)cc3)nc2c1. The highest BCUT2D eigenvalue weighted by Crippen LogP contribution is 2.47. The molecule has 2 N–H and O–H groups in total. The number of epoxide rings is 1. The van der Waals surface area contributed by atoms with Crippen molar-refractivity contribution in [2.24, 2.45) is 0 Å². The van der Waals surface area contributed by atoms with Crippen molar-refractivity contribution in [1.29, 1.82) is 0 Å². The van der Waals surface area contributed by atoms with Crippen molar-refractivity contribution in [3.63, 3.8) is 0 Å². The monoisotopic (exact) mass is 440 g/mol. The second-order valence-corrected chi connectivity index (χ2v) is 7.73. The number of alkyl halides is 3. The average Bonchev–Trinajstić information content (AvgIpc) is 3.20. The number of nitrogens with zero attached hydrogens (tertiary/aromatic N) is 1. The fourth-order valence-electron chi connectivity index (χ4n) is 3.75. The van der Waals surface area contributed by atoms with E-state index in [0.29, 0.717) is 22.7 Å². The summed E-state index contributed by atoms with van der Waals surface area (Å²) in [6, 6.07) is 17.8. The lowest BCUT2D eigenvalue weighted by Crippen LogP contribution is -2.11. The van der Waals surface area contributed by atoms with Crippen LogP contribution in [0.1, 0.15) is 23.9 Å². The highest BCUT2D eigenvalue weighted by molar-refractivity contribution is 5.83. The van der Waals surface area contributed by atoms with Gasteiger partial charge in [0.05, 0.1) is 16.6 Å². The van der Waals surface area contributed by atoms with E-state index in [1.807, 2.05) is 49.4 Å². The molecule has 1 aliphatic heterocycles. The summed E-state index contributed by atoms with van der Waals surface area (Å²) in [6.07, 6.45) is -4.65. The normalized spacial score (nSPS) is 20.5. The van der Waals surface area contributed by atoms with Gasteiger partial charge in [-0.05, 0) is 54.4 Å². The molecule has 1 fully saturated rings. The van der Waals surface area contributed by atoms with Crippen molar-refractivity contribution < 1.29 is 27.8 Å². The molecule has 2 unspecified atom stereocenters. The van der Waals surface area contributed by atoms with Gasteiger partial charge in [-0.2, -0.15) is 13.2 Å². The Morgan fingerprint density at radius 3 is 2.50 bits per heavy atom. The molecule has 1 aliphatic rings. The third-order valence-corrected chi connectivity index (χ3v) is 5.56. The molecule has 164 valence electrons. The van der Waals surface area contributed by atoms with Crippen LogP contribution in [0.4, 0.5) is 13.2 Å². The third-order valence-electron chi connectivity index (χ3n) is 5.56. The Kier molecular flexibility index (Phi) is 4.72. The lowest BCUT2D eigenvalue weighted by molar-refractivity contribution is -0.137. The molecule has 0 spiro atoms. The molecule has 8 heteroatoms. The number of ether oxygens (including phenoxy) is 2. The van der Waals surface area contributed by atoms with Crippen molar-refractivity contribution >= 4 is 11.0 Å². The molecular formula is C24H19F3N2O3. The zero-order valence-electron chi connectivity index (χ0n) is 17.0. The van der Waals surface area contributed by atoms with Gasteiger partial charge in [-0.15, -0.1) is 0 Å². The summed E-state index contributed by atoms with van der Waals surface area (Å²) < 4.78 is 49.0. The van der Waals surface area contributed by atoms with E-state index in [-0.39, 0.29) is 12.7 Å². The van der Waals surface area contributed by atoms with Gasteiger partial charge < -0.3 is 19.6 Å². The number of hydrogen-bond donors (Lipinski definition) is 2. The standard InChI is InChI=1S/C24H19F3N2O3/c1-14-23(30,32-14)19-5-3-2-4-18(19)15-6-11-20-21(12-15)29-22(28-20)13-31-17-9-7-16(8-10-17)24(25,26)27/h2-12,14,30H,13H2,1H3,(H,28,29). The van der Waals surface area contributed by atoms with Gasteiger partial charge in [-0.1, -0.05) is 30.3 Å². The number of aromatic amines is 1. The van der Waals surface area contributed by atoms with Gasteiger partial charge in [0.25, 0.3) is 0 Å². The van der Waals surface area contributed by atoms with E-state index in [2.05, 4.69) is 9.97 Å². The minimum atomic E-state index is -4.38. The number of hydrogen-bond acceptors (Lipinski definition) is 4. The Morgan fingerprint density at radius 2 is 1.81 bits per heavy atom. The summed E-state index contributed by atoms with van der Waals surface area (Å²) in [5, 5.41) is 10.6. The smallest absolute Gasteiger partial charge is 0.416 e. The molecule has 3 aromatic carbocycles. The van der Waals surface area contributed by atoms with Crippen LogP contribution in [0.25, 0.3) is 22.2 Å². The maximum atomic E-state index is 12.7. The van der Waals surface area contributed by atoms with Crippen molar-refractivity contribution in [2.45, 2.75) is 31.6 Å². The highest BCUT2D eigenvalue weighted by Gasteiger charge is 2.54. The fourth-order valence-corrected chi connectivity index (χ4v) is 3.75. The first-order chi connectivity index (χ1) is 15.2. The lowest BCUT2D eigenvalue weighted by atomic mass is 9.95. The van der Waals surface area contributed by atoms with Crippen LogP contribution in [-0.4, -0.2) is 21.2 Å². The number of fused-ring (bicyclic) bond motifs is 1. The summed E-state index contributed by atoms with van der Waals surface area (Å²) in [5.41, 5.74) is 3.22. The molecule has 1 aromatic heterocycles. The van der Waals surface area contributed by atoms with Gasteiger partial charge in [-0.25, -0.2) is 4.98 Å². The zero-order valence-corrected chi connectivity index (χ0v) is 17.0. The van der Waals surface area contributed by atoms with Crippen molar-refractivity contribution in [1.82, 2.24) is 9.97 Å². The molecule has 32 heavy (non-hydrogen) atoms. The van der Waals surface area contributed by atoms with Crippen molar-refractivity contribution in [3.05, 3.63) is 83.7 Å². The van der Waals surface area contributed by atoms with Crippen LogP contribution in [0, 0.1) is 0 Å². The summed E-state index contributed by atoms with van der Waals surface area (Å²) in [5.74, 6) is -0.416. The summed E-state index contributed by atoms with van der Waals surface area (Å²) >= 11 is 0. The molecule has 2 atom stereocenters. The number of imidazole rings is 1. The maximum Gasteiger partial charge on any atom is 0.416 e. The third kappa shape index (κ3) is 3.72. The quantitative estimate of drug-likeness (QED) is 0.408. The van der Waals surface area contributed by atoms with E-state index in [1.165, 1.54) is 12.1 Å². The number of halogens is 3. The van der Waals surface area contributed by atoms with E-state index < -0.39 is 17.5 Å². The Labute approximate surface area is 181 Å². The number of benzene rings is 3. The minimum Gasteiger partial charge on any atom is -0.486 e. The van der Waals surface area contributed by atoms with Crippen LogP contribution in [0.15, 0.2) is 66.7 Å². The molecule has 0 bridgehead atoms. The molecule has 2 heterocycles. The molecule has 5 nitrogen and oxygen atoms in total. The van der Waals surface area contributed by atoms with Crippen LogP contribution < -0.4 is 4.74 Å². The Balaban J connectivity index is 1.36. The molecule has 0 radical (unpaired) electrons. The van der Waals surface area contributed by atoms with Gasteiger partial charge in [0, 0.05) is 5.56 Å². The Bertz CT molecular complexity index is 1280. The van der Waals surface area contributed by atoms with Crippen molar-refractivity contribution in [2.75, 3.05) is 0 Å². The predicted molar refractivity (Wildman–Crippen MR) is 112 cm³/mol. The Morgan fingerprint density at radius 1 is 1.09 bits per heavy atom. The lowest BCUT2D eigenvalue weighted by Gasteiger charge is -2.12. The van der Waals surface area contributed by atoms with E-state index in [4.69, 9.17) is 9.47 Å². The largest absolute Gasteiger partial charge is 0.486 e. The van der Waals surface area contributed by atoms with E-state index in [1.54, 1.807) is 0 Å². The summed E-state index contributed by atoms with van der Waals surface area (Å²) in [4.78, 5) is 7.69. The molecule has 4 aromatic rings. The van der Waals surface area contributed by atoms with Gasteiger partial charge in [0.2, 0.25) is 5.79 Å². The summed E-state index contributed by atoms with van der Waals surface area (Å²) in [6.45, 7) is 1.90. The number of H-pyrrole nitrogens is 1. The number of aliphatic hydroxyl groups is 1. The van der Waals surface area contributed by atoms with Gasteiger partial charge in [0.1, 0.15) is 24.3 Å². The predicted octanol–water partition coefficient (Wildman–Crippen LogP) is 5.39. The first kappa shape index (κ1) is 20.5. The number of nitrogens with one attached hydrogen (secondary N) is 1. The van der Waals surface area contributed by atoms with Crippen LogP contribution in [0.5, 0.6) is 5.75 Å². The van der Waals surface area contributed by atoms with Crippen LogP contribution in [0.3, 0.4) is 0 Å². The van der Waals surface area contributed by atoms with Crippen molar-refractivity contribution in [3.8, 4) is 16.9 Å². The average molecular weight is 440 g/mol. The highest BCUT2D eigenvalue weighted by atomic mass is 19.4. The first-order valence-corrected chi connectivity index (χ1v) is 10.0. The van der Waals surface area contributed by atoms with Crippen LogP contribution in [-0.2, 0) is 23.3 Å². The van der Waals surface area contributed by atoms with Gasteiger partial charge in [0.15, 0.2) is 0 Å². The zero-order chi connectivity index (χ0) is 22.5. The number of aromatic nitrogens is 2. The summed E-state index contributed by atoms with van der Waals surface area (Å²) in [7, 11) is 0. The molecule has 0 aliphatic carbocycles. The van der Waals surface area contributed by atoms with E-state index in [9.17, 15) is 18.3 Å². The minimum absolute atomic E-state index is 0.0804. The molecule has 5 rings (SSSR count). The molecule has 0 amide bonds. The van der Waals surface area contributed by atoms with Crippen LogP contribution in [0.2, 0.25) is 0 Å². The fraction of sp³-hybridized carbons (Fsp3) is 0.208. The molecular weight excluding hydrogens is 421 g/mol. The maximum absolute atomic E-state index is 12.7. The number of rotatable bonds is 5. The second kappa shape index (κ2) is 7.36.